The number of aliphatic hydroxyl groups excluding tert-OH is 1. The lowest BCUT2D eigenvalue weighted by Crippen LogP contribution is -2.01. The molecule has 1 aromatic heterocycles. The summed E-state index contributed by atoms with van der Waals surface area (Å²) in [5, 5.41) is 10.3. The maximum atomic E-state index is 10.3. The number of ether oxygens (including phenoxy) is 1. The Hall–Kier alpha value is -1.39. The van der Waals surface area contributed by atoms with Gasteiger partial charge in [-0.25, -0.2) is 4.98 Å². The summed E-state index contributed by atoms with van der Waals surface area (Å²) in [6, 6.07) is 7.48. The molecule has 0 radical (unpaired) electrons. The van der Waals surface area contributed by atoms with Crippen LogP contribution in [-0.2, 0) is 0 Å². The van der Waals surface area contributed by atoms with Gasteiger partial charge in [0.15, 0.2) is 0 Å². The van der Waals surface area contributed by atoms with Gasteiger partial charge in [0, 0.05) is 5.56 Å². The standard InChI is InChI=1S/C12H13NO2S/c1-8-12(16-7-13-8)11(14)9-5-3-4-6-10(9)15-2/h3-7,11,14H,1-2H3. The van der Waals surface area contributed by atoms with Crippen LogP contribution in [0, 0.1) is 6.92 Å². The van der Waals surface area contributed by atoms with E-state index in [0.29, 0.717) is 5.75 Å². The van der Waals surface area contributed by atoms with E-state index in [1.807, 2.05) is 31.2 Å². The molecular formula is C12H13NO2S. The Balaban J connectivity index is 2.41. The number of hydrogen-bond donors (Lipinski definition) is 1. The zero-order valence-electron chi connectivity index (χ0n) is 9.18. The number of aryl methyl sites for hydroxylation is 1. The lowest BCUT2D eigenvalue weighted by Gasteiger charge is -2.13. The second-order valence-corrected chi connectivity index (χ2v) is 4.33. The van der Waals surface area contributed by atoms with Gasteiger partial charge in [-0.3, -0.25) is 0 Å². The normalized spacial score (nSPS) is 12.4. The number of benzene rings is 1. The average molecular weight is 235 g/mol. The molecule has 2 aromatic rings. The molecule has 4 heteroatoms. The van der Waals surface area contributed by atoms with Gasteiger partial charge < -0.3 is 9.84 Å². The number of methoxy groups -OCH3 is 1. The van der Waals surface area contributed by atoms with Gasteiger partial charge in [0.2, 0.25) is 0 Å². The maximum absolute atomic E-state index is 10.3. The van der Waals surface area contributed by atoms with E-state index in [1.165, 1.54) is 11.3 Å². The highest BCUT2D eigenvalue weighted by Crippen LogP contribution is 2.32. The minimum absolute atomic E-state index is 0.663. The fraction of sp³-hybridized carbons (Fsp3) is 0.250. The number of hydrogen-bond acceptors (Lipinski definition) is 4. The van der Waals surface area contributed by atoms with Gasteiger partial charge in [-0.2, -0.15) is 0 Å². The molecule has 84 valence electrons. The van der Waals surface area contributed by atoms with Crippen LogP contribution in [0.5, 0.6) is 5.75 Å². The third kappa shape index (κ3) is 1.94. The molecule has 0 saturated carbocycles. The highest BCUT2D eigenvalue weighted by Gasteiger charge is 2.18. The van der Waals surface area contributed by atoms with Crippen molar-refractivity contribution in [3.8, 4) is 5.75 Å². The first-order valence-corrected chi connectivity index (χ1v) is 5.83. The SMILES string of the molecule is COc1ccccc1C(O)c1scnc1C. The third-order valence-electron chi connectivity index (χ3n) is 2.46. The topological polar surface area (TPSA) is 42.4 Å². The summed E-state index contributed by atoms with van der Waals surface area (Å²) in [4.78, 5) is 5.00. The molecule has 2 rings (SSSR count). The second-order valence-electron chi connectivity index (χ2n) is 3.45. The van der Waals surface area contributed by atoms with Gasteiger partial charge in [0.1, 0.15) is 11.9 Å². The monoisotopic (exact) mass is 235 g/mol. The van der Waals surface area contributed by atoms with Gasteiger partial charge in [-0.15, -0.1) is 11.3 Å². The molecule has 3 nitrogen and oxygen atoms in total. The van der Waals surface area contributed by atoms with Crippen molar-refractivity contribution in [3.05, 3.63) is 45.9 Å². The molecule has 0 fully saturated rings. The summed E-state index contributed by atoms with van der Waals surface area (Å²) in [5.41, 5.74) is 3.38. The van der Waals surface area contributed by atoms with Crippen molar-refractivity contribution < 1.29 is 9.84 Å². The van der Waals surface area contributed by atoms with Crippen LogP contribution in [0.3, 0.4) is 0 Å². The van der Waals surface area contributed by atoms with Gasteiger partial charge in [0.05, 0.1) is 23.2 Å². The Morgan fingerprint density at radius 2 is 2.12 bits per heavy atom. The first-order valence-electron chi connectivity index (χ1n) is 4.95. The highest BCUT2D eigenvalue weighted by molar-refractivity contribution is 7.09. The molecule has 1 N–H and O–H groups in total. The van der Waals surface area contributed by atoms with Crippen LogP contribution in [0.15, 0.2) is 29.8 Å². The minimum Gasteiger partial charge on any atom is -0.496 e. The van der Waals surface area contributed by atoms with E-state index in [1.54, 1.807) is 12.6 Å². The quantitative estimate of drug-likeness (QED) is 0.889. The Kier molecular flexibility index (Phi) is 3.22. The van der Waals surface area contributed by atoms with Crippen molar-refractivity contribution in [3.63, 3.8) is 0 Å². The summed E-state index contributed by atoms with van der Waals surface area (Å²) in [7, 11) is 1.60. The first kappa shape index (κ1) is 11.1. The smallest absolute Gasteiger partial charge is 0.125 e. The van der Waals surface area contributed by atoms with E-state index < -0.39 is 6.10 Å². The lowest BCUT2D eigenvalue weighted by atomic mass is 10.1. The first-order chi connectivity index (χ1) is 7.74. The van der Waals surface area contributed by atoms with Crippen LogP contribution in [0.25, 0.3) is 0 Å². The van der Waals surface area contributed by atoms with E-state index in [4.69, 9.17) is 4.74 Å². The van der Waals surface area contributed by atoms with E-state index in [9.17, 15) is 5.11 Å². The van der Waals surface area contributed by atoms with Crippen LogP contribution in [0.1, 0.15) is 22.2 Å². The van der Waals surface area contributed by atoms with Crippen LogP contribution in [0.4, 0.5) is 0 Å². The number of nitrogens with zero attached hydrogens (tertiary/aromatic N) is 1. The molecular weight excluding hydrogens is 222 g/mol. The third-order valence-corrected chi connectivity index (χ3v) is 3.45. The summed E-state index contributed by atoms with van der Waals surface area (Å²) in [6.07, 6.45) is -0.663. The molecule has 0 aliphatic rings. The van der Waals surface area contributed by atoms with Crippen LogP contribution >= 0.6 is 11.3 Å². The molecule has 0 aliphatic heterocycles. The highest BCUT2D eigenvalue weighted by atomic mass is 32.1. The van der Waals surface area contributed by atoms with Crippen molar-refractivity contribution in [2.75, 3.05) is 7.11 Å². The lowest BCUT2D eigenvalue weighted by molar-refractivity contribution is 0.217. The summed E-state index contributed by atoms with van der Waals surface area (Å²) < 4.78 is 5.23. The molecule has 0 amide bonds. The van der Waals surface area contributed by atoms with Crippen LogP contribution in [-0.4, -0.2) is 17.2 Å². The number of thiazole rings is 1. The van der Waals surface area contributed by atoms with Crippen molar-refractivity contribution in [2.24, 2.45) is 0 Å². The van der Waals surface area contributed by atoms with Crippen molar-refractivity contribution in [2.45, 2.75) is 13.0 Å². The molecule has 0 spiro atoms. The van der Waals surface area contributed by atoms with Crippen LogP contribution < -0.4 is 4.74 Å². The number of aromatic nitrogens is 1. The van der Waals surface area contributed by atoms with Crippen LogP contribution in [0.2, 0.25) is 0 Å². The van der Waals surface area contributed by atoms with Gasteiger partial charge in [-0.05, 0) is 13.0 Å². The predicted molar refractivity (Wildman–Crippen MR) is 63.9 cm³/mol. The zero-order chi connectivity index (χ0) is 11.5. The van der Waals surface area contributed by atoms with Crippen molar-refractivity contribution in [1.29, 1.82) is 0 Å². The molecule has 0 bridgehead atoms. The van der Waals surface area contributed by atoms with Crippen molar-refractivity contribution in [1.82, 2.24) is 4.98 Å². The second kappa shape index (κ2) is 4.63. The van der Waals surface area contributed by atoms with E-state index >= 15 is 0 Å². The van der Waals surface area contributed by atoms with Gasteiger partial charge in [0.25, 0.3) is 0 Å². The Morgan fingerprint density at radius 1 is 1.38 bits per heavy atom. The summed E-state index contributed by atoms with van der Waals surface area (Å²) in [5.74, 6) is 0.697. The number of rotatable bonds is 3. The predicted octanol–water partition coefficient (Wildman–Crippen LogP) is 2.54. The molecule has 1 unspecified atom stereocenters. The van der Waals surface area contributed by atoms with E-state index in [2.05, 4.69) is 4.98 Å². The molecule has 1 atom stereocenters. The van der Waals surface area contributed by atoms with Gasteiger partial charge in [-0.1, -0.05) is 18.2 Å². The fourth-order valence-corrected chi connectivity index (χ4v) is 2.41. The Bertz CT molecular complexity index is 481. The average Bonchev–Trinajstić information content (AvgIpc) is 2.74. The zero-order valence-corrected chi connectivity index (χ0v) is 9.99. The molecule has 0 saturated heterocycles. The molecule has 16 heavy (non-hydrogen) atoms. The number of para-hydroxylation sites is 1. The van der Waals surface area contributed by atoms with Gasteiger partial charge >= 0.3 is 0 Å². The summed E-state index contributed by atoms with van der Waals surface area (Å²) >= 11 is 1.46. The summed E-state index contributed by atoms with van der Waals surface area (Å²) in [6.45, 7) is 1.89. The molecule has 0 aliphatic carbocycles. The Morgan fingerprint density at radius 3 is 2.75 bits per heavy atom. The maximum Gasteiger partial charge on any atom is 0.125 e. The molecule has 1 aromatic carbocycles. The number of aliphatic hydroxyl groups is 1. The molecule has 1 heterocycles. The van der Waals surface area contributed by atoms with E-state index in [-0.39, 0.29) is 0 Å². The van der Waals surface area contributed by atoms with Crippen molar-refractivity contribution >= 4 is 11.3 Å². The Labute approximate surface area is 98.4 Å². The fourth-order valence-electron chi connectivity index (χ4n) is 1.61. The largest absolute Gasteiger partial charge is 0.496 e. The van der Waals surface area contributed by atoms with E-state index in [0.717, 1.165) is 16.1 Å². The minimum atomic E-state index is -0.663.